The number of Topliss-reactive ketones (excluding diaryl/α,β-unsaturated/α-hetero) is 1. The zero-order valence-electron chi connectivity index (χ0n) is 8.27. The van der Waals surface area contributed by atoms with Crippen molar-refractivity contribution in [1.29, 1.82) is 0 Å². The van der Waals surface area contributed by atoms with Gasteiger partial charge in [0.15, 0.2) is 5.78 Å². The van der Waals surface area contributed by atoms with Gasteiger partial charge < -0.3 is 0 Å². The third-order valence-corrected chi connectivity index (χ3v) is 2.41. The molecule has 66 valence electrons. The van der Waals surface area contributed by atoms with E-state index >= 15 is 0 Å². The van der Waals surface area contributed by atoms with Gasteiger partial charge in [-0.1, -0.05) is 26.0 Å². The zero-order valence-corrected chi connectivity index (χ0v) is 8.27. The molecule has 0 saturated carbocycles. The van der Waals surface area contributed by atoms with Crippen LogP contribution in [0.1, 0.15) is 34.1 Å². The van der Waals surface area contributed by atoms with E-state index in [2.05, 4.69) is 26.0 Å². The van der Waals surface area contributed by atoms with Crippen LogP contribution in [0, 0.1) is 5.41 Å². The molecular formula is C11H16O. The van der Waals surface area contributed by atoms with Crippen LogP contribution in [-0.2, 0) is 4.79 Å². The van der Waals surface area contributed by atoms with Gasteiger partial charge >= 0.3 is 0 Å². The number of carbonyl (C=O) groups excluding carboxylic acids is 1. The van der Waals surface area contributed by atoms with Gasteiger partial charge in [0.1, 0.15) is 0 Å². The van der Waals surface area contributed by atoms with E-state index in [0.29, 0.717) is 6.42 Å². The van der Waals surface area contributed by atoms with E-state index in [1.807, 2.05) is 13.8 Å². The maximum atomic E-state index is 11.5. The highest BCUT2D eigenvalue weighted by molar-refractivity contribution is 5.96. The minimum absolute atomic E-state index is 0.0239. The SMILES string of the molecule is CC1=C(C)C(=O)CC(C)(C)C=C1. The first-order valence-electron chi connectivity index (χ1n) is 4.32. The van der Waals surface area contributed by atoms with Crippen LogP contribution >= 0.6 is 0 Å². The van der Waals surface area contributed by atoms with Crippen LogP contribution in [0.4, 0.5) is 0 Å². The Kier molecular flexibility index (Phi) is 2.22. The van der Waals surface area contributed by atoms with Crippen molar-refractivity contribution >= 4 is 5.78 Å². The highest BCUT2D eigenvalue weighted by Gasteiger charge is 2.22. The summed E-state index contributed by atoms with van der Waals surface area (Å²) in [5.41, 5.74) is 2.04. The van der Waals surface area contributed by atoms with Gasteiger partial charge in [-0.25, -0.2) is 0 Å². The molecule has 0 aromatic carbocycles. The maximum absolute atomic E-state index is 11.5. The van der Waals surface area contributed by atoms with Crippen LogP contribution in [0.5, 0.6) is 0 Å². The summed E-state index contributed by atoms with van der Waals surface area (Å²) in [6.07, 6.45) is 4.81. The number of rotatable bonds is 0. The Morgan fingerprint density at radius 1 is 1.33 bits per heavy atom. The predicted molar refractivity (Wildman–Crippen MR) is 50.9 cm³/mol. The highest BCUT2D eigenvalue weighted by Crippen LogP contribution is 2.28. The molecule has 0 amide bonds. The van der Waals surface area contributed by atoms with Gasteiger partial charge in [0.25, 0.3) is 0 Å². The van der Waals surface area contributed by atoms with Gasteiger partial charge in [0.2, 0.25) is 0 Å². The molecule has 0 spiro atoms. The second-order valence-electron chi connectivity index (χ2n) is 4.23. The van der Waals surface area contributed by atoms with Crippen molar-refractivity contribution in [3.8, 4) is 0 Å². The summed E-state index contributed by atoms with van der Waals surface area (Å²) in [6, 6.07) is 0. The summed E-state index contributed by atoms with van der Waals surface area (Å²) in [7, 11) is 0. The summed E-state index contributed by atoms with van der Waals surface area (Å²) < 4.78 is 0. The lowest BCUT2D eigenvalue weighted by Gasteiger charge is -2.16. The van der Waals surface area contributed by atoms with E-state index < -0.39 is 0 Å². The topological polar surface area (TPSA) is 17.1 Å². The van der Waals surface area contributed by atoms with E-state index in [1.54, 1.807) is 0 Å². The minimum Gasteiger partial charge on any atom is -0.295 e. The first-order chi connectivity index (χ1) is 5.42. The van der Waals surface area contributed by atoms with Gasteiger partial charge in [0.05, 0.1) is 0 Å². The molecular weight excluding hydrogens is 148 g/mol. The van der Waals surface area contributed by atoms with E-state index in [9.17, 15) is 4.79 Å². The Morgan fingerprint density at radius 3 is 2.50 bits per heavy atom. The number of hydrogen-bond acceptors (Lipinski definition) is 1. The Hall–Kier alpha value is -0.850. The van der Waals surface area contributed by atoms with Crippen molar-refractivity contribution in [2.75, 3.05) is 0 Å². The molecule has 0 radical (unpaired) electrons. The average Bonchev–Trinajstić information content (AvgIpc) is 2.03. The molecule has 0 bridgehead atoms. The summed E-state index contributed by atoms with van der Waals surface area (Å²) in [6.45, 7) is 8.08. The molecule has 1 aliphatic rings. The van der Waals surface area contributed by atoms with E-state index in [4.69, 9.17) is 0 Å². The van der Waals surface area contributed by atoms with Crippen LogP contribution in [0.3, 0.4) is 0 Å². The van der Waals surface area contributed by atoms with Gasteiger partial charge in [-0.15, -0.1) is 0 Å². The summed E-state index contributed by atoms with van der Waals surface area (Å²) in [5.74, 6) is 0.280. The van der Waals surface area contributed by atoms with Gasteiger partial charge in [-0.3, -0.25) is 4.79 Å². The monoisotopic (exact) mass is 164 g/mol. The Balaban J connectivity index is 3.03. The van der Waals surface area contributed by atoms with Gasteiger partial charge in [0, 0.05) is 6.42 Å². The third-order valence-electron chi connectivity index (χ3n) is 2.41. The third kappa shape index (κ3) is 1.84. The Labute approximate surface area is 74.2 Å². The van der Waals surface area contributed by atoms with Crippen molar-refractivity contribution in [3.05, 3.63) is 23.3 Å². The van der Waals surface area contributed by atoms with E-state index in [-0.39, 0.29) is 11.2 Å². The lowest BCUT2D eigenvalue weighted by Crippen LogP contribution is -2.13. The normalized spacial score (nSPS) is 22.8. The van der Waals surface area contributed by atoms with E-state index in [1.165, 1.54) is 0 Å². The van der Waals surface area contributed by atoms with Crippen LogP contribution in [0.15, 0.2) is 23.3 Å². The second-order valence-corrected chi connectivity index (χ2v) is 4.23. The average molecular weight is 164 g/mol. The van der Waals surface area contributed by atoms with Crippen LogP contribution in [-0.4, -0.2) is 5.78 Å². The molecule has 0 aliphatic heterocycles. The zero-order chi connectivity index (χ0) is 9.35. The quantitative estimate of drug-likeness (QED) is 0.538. The van der Waals surface area contributed by atoms with Gasteiger partial charge in [-0.05, 0) is 30.4 Å². The van der Waals surface area contributed by atoms with Crippen molar-refractivity contribution < 1.29 is 4.79 Å². The van der Waals surface area contributed by atoms with E-state index in [0.717, 1.165) is 11.1 Å². The Bertz CT molecular complexity index is 267. The van der Waals surface area contributed by atoms with Crippen LogP contribution < -0.4 is 0 Å². The highest BCUT2D eigenvalue weighted by atomic mass is 16.1. The van der Waals surface area contributed by atoms with Crippen molar-refractivity contribution in [1.82, 2.24) is 0 Å². The number of allylic oxidation sites excluding steroid dienone is 4. The number of ketones is 1. The summed E-state index contributed by atoms with van der Waals surface area (Å²) in [5, 5.41) is 0. The maximum Gasteiger partial charge on any atom is 0.159 e. The second kappa shape index (κ2) is 2.89. The number of carbonyl (C=O) groups is 1. The fraction of sp³-hybridized carbons (Fsp3) is 0.545. The van der Waals surface area contributed by atoms with Crippen molar-refractivity contribution in [2.45, 2.75) is 34.1 Å². The molecule has 12 heavy (non-hydrogen) atoms. The molecule has 1 rings (SSSR count). The van der Waals surface area contributed by atoms with Crippen molar-refractivity contribution in [3.63, 3.8) is 0 Å². The molecule has 0 saturated heterocycles. The lowest BCUT2D eigenvalue weighted by atomic mass is 9.87. The molecule has 0 heterocycles. The molecule has 0 N–H and O–H groups in total. The molecule has 1 heteroatoms. The summed E-state index contributed by atoms with van der Waals surface area (Å²) in [4.78, 5) is 11.5. The molecule has 1 aliphatic carbocycles. The van der Waals surface area contributed by atoms with Crippen molar-refractivity contribution in [2.24, 2.45) is 5.41 Å². The lowest BCUT2D eigenvalue weighted by molar-refractivity contribution is -0.116. The molecule has 1 nitrogen and oxygen atoms in total. The van der Waals surface area contributed by atoms with Crippen LogP contribution in [0.25, 0.3) is 0 Å². The molecule has 0 aromatic heterocycles. The smallest absolute Gasteiger partial charge is 0.159 e. The fourth-order valence-corrected chi connectivity index (χ4v) is 1.30. The molecule has 0 fully saturated rings. The first-order valence-corrected chi connectivity index (χ1v) is 4.32. The number of hydrogen-bond donors (Lipinski definition) is 0. The standard InChI is InChI=1S/C11H16O/c1-8-5-6-11(3,4)7-10(12)9(8)2/h5-6H,7H2,1-4H3. The van der Waals surface area contributed by atoms with Crippen LogP contribution in [0.2, 0.25) is 0 Å². The van der Waals surface area contributed by atoms with Gasteiger partial charge in [-0.2, -0.15) is 0 Å². The largest absolute Gasteiger partial charge is 0.295 e. The fourth-order valence-electron chi connectivity index (χ4n) is 1.30. The summed E-state index contributed by atoms with van der Waals surface area (Å²) >= 11 is 0. The Morgan fingerprint density at radius 2 is 1.92 bits per heavy atom. The first kappa shape index (κ1) is 9.24. The molecule has 0 atom stereocenters. The molecule has 0 unspecified atom stereocenters. The predicted octanol–water partition coefficient (Wildman–Crippen LogP) is 2.88. The molecule has 0 aromatic rings. The minimum atomic E-state index is 0.0239.